The van der Waals surface area contributed by atoms with Crippen molar-refractivity contribution in [3.8, 4) is 0 Å². The zero-order chi connectivity index (χ0) is 6.28. The van der Waals surface area contributed by atoms with E-state index in [9.17, 15) is 0 Å². The van der Waals surface area contributed by atoms with Crippen LogP contribution in [0.5, 0.6) is 0 Å². The Morgan fingerprint density at radius 3 is 1.56 bits per heavy atom. The maximum absolute atomic E-state index is 9.00. The predicted octanol–water partition coefficient (Wildman–Crippen LogP) is -0.222. The molecule has 0 aromatic heterocycles. The van der Waals surface area contributed by atoms with E-state index in [0.717, 1.165) is 6.92 Å². The van der Waals surface area contributed by atoms with Gasteiger partial charge in [0, 0.05) is 13.5 Å². The van der Waals surface area contributed by atoms with E-state index in [1.807, 2.05) is 0 Å². The van der Waals surface area contributed by atoms with Crippen molar-refractivity contribution in [1.82, 2.24) is 0 Å². The molecule has 0 unspecified atom stereocenters. The standard InChI is InChI=1S/C2H4O2.C2H6O.2Mg.4H/c1-2(3)4;1-2-3;;;;;;/h1H3,(H,3,4);3H,2H2,1H3;;;;;;/q;;2*+2;4*-1. The summed E-state index contributed by atoms with van der Waals surface area (Å²) < 4.78 is 0. The molecule has 0 saturated carbocycles. The van der Waals surface area contributed by atoms with Crippen LogP contribution in [0.3, 0.4) is 0 Å². The molecule has 3 nitrogen and oxygen atoms in total. The Morgan fingerprint density at radius 2 is 1.56 bits per heavy atom. The summed E-state index contributed by atoms with van der Waals surface area (Å²) in [5.74, 6) is -0.833. The van der Waals surface area contributed by atoms with Gasteiger partial charge in [0.15, 0.2) is 0 Å². The van der Waals surface area contributed by atoms with Crippen LogP contribution in [0, 0.1) is 0 Å². The maximum atomic E-state index is 9.00. The Kier molecular flexibility index (Phi) is 57.7. The number of aliphatic carboxylic acids is 1. The van der Waals surface area contributed by atoms with Crippen LogP contribution in [0.4, 0.5) is 0 Å². The quantitative estimate of drug-likeness (QED) is 0.480. The first-order valence-corrected chi connectivity index (χ1v) is 1.95. The van der Waals surface area contributed by atoms with E-state index >= 15 is 0 Å². The molecule has 0 amide bonds. The molecule has 0 rings (SSSR count). The summed E-state index contributed by atoms with van der Waals surface area (Å²) in [6.45, 7) is 3.01. The van der Waals surface area contributed by atoms with Crippen LogP contribution in [0.2, 0.25) is 0 Å². The fraction of sp³-hybridized carbons (Fsp3) is 0.750. The van der Waals surface area contributed by atoms with Crippen molar-refractivity contribution in [2.24, 2.45) is 0 Å². The maximum Gasteiger partial charge on any atom is 2.00 e. The number of aliphatic hydroxyl groups excluding tert-OH is 1. The molecule has 0 atom stereocenters. The normalized spacial score (nSPS) is 4.78. The average molecular weight is 159 g/mol. The van der Waals surface area contributed by atoms with Gasteiger partial charge in [-0.1, -0.05) is 0 Å². The molecule has 0 saturated heterocycles. The summed E-state index contributed by atoms with van der Waals surface area (Å²) in [6.07, 6.45) is 0. The largest absolute Gasteiger partial charge is 2.00 e. The van der Waals surface area contributed by atoms with Crippen molar-refractivity contribution in [1.29, 1.82) is 0 Å². The molecule has 0 bridgehead atoms. The monoisotopic (exact) mass is 158 g/mol. The minimum Gasteiger partial charge on any atom is -1.00 e. The topological polar surface area (TPSA) is 57.5 Å². The van der Waals surface area contributed by atoms with Gasteiger partial charge in [0.2, 0.25) is 0 Å². The first-order chi connectivity index (χ1) is 3.15. The van der Waals surface area contributed by atoms with Crippen molar-refractivity contribution < 1.29 is 20.7 Å². The Labute approximate surface area is 93.1 Å². The third-order valence-electron chi connectivity index (χ3n) is 0. The SMILES string of the molecule is CC(=O)O.CCO.[H-].[H-].[H-].[H-].[Mg+2].[Mg+2]. The van der Waals surface area contributed by atoms with Gasteiger partial charge >= 0.3 is 46.1 Å². The van der Waals surface area contributed by atoms with Gasteiger partial charge in [-0.05, 0) is 6.92 Å². The van der Waals surface area contributed by atoms with Crippen LogP contribution >= 0.6 is 0 Å². The van der Waals surface area contributed by atoms with Gasteiger partial charge in [-0.15, -0.1) is 0 Å². The summed E-state index contributed by atoms with van der Waals surface area (Å²) in [7, 11) is 0. The molecule has 0 aromatic carbocycles. The van der Waals surface area contributed by atoms with E-state index in [2.05, 4.69) is 0 Å². The Hall–Kier alpha value is 0.962. The summed E-state index contributed by atoms with van der Waals surface area (Å²) in [4.78, 5) is 9.00. The van der Waals surface area contributed by atoms with Crippen LogP contribution in [-0.4, -0.2) is 68.9 Å². The smallest absolute Gasteiger partial charge is 1.00 e. The summed E-state index contributed by atoms with van der Waals surface area (Å²) in [5, 5.41) is 15.0. The van der Waals surface area contributed by atoms with Gasteiger partial charge in [0.25, 0.3) is 5.97 Å². The van der Waals surface area contributed by atoms with Gasteiger partial charge in [-0.2, -0.15) is 0 Å². The molecule has 5 heteroatoms. The molecule has 0 heterocycles. The Morgan fingerprint density at radius 1 is 1.56 bits per heavy atom. The van der Waals surface area contributed by atoms with E-state index in [1.165, 1.54) is 0 Å². The molecule has 0 fully saturated rings. The molecule has 0 aliphatic carbocycles. The first kappa shape index (κ1) is 22.5. The third kappa shape index (κ3) is 469. The van der Waals surface area contributed by atoms with E-state index in [-0.39, 0.29) is 58.4 Å². The van der Waals surface area contributed by atoms with Crippen molar-refractivity contribution in [2.75, 3.05) is 6.61 Å². The molecule has 0 aromatic rings. The molecule has 52 valence electrons. The molecule has 0 spiro atoms. The molecular weight excluding hydrogens is 145 g/mol. The fourth-order valence-corrected chi connectivity index (χ4v) is 0. The van der Waals surface area contributed by atoms with E-state index in [0.29, 0.717) is 0 Å². The predicted molar refractivity (Wildman–Crippen MR) is 42.0 cm³/mol. The van der Waals surface area contributed by atoms with E-state index in [1.54, 1.807) is 6.92 Å². The number of carboxylic acids is 1. The zero-order valence-corrected chi connectivity index (χ0v) is 8.75. The van der Waals surface area contributed by atoms with E-state index in [4.69, 9.17) is 15.0 Å². The number of rotatable bonds is 0. The molecule has 0 aliphatic rings. The Balaban J connectivity index is -0.00000000444. The van der Waals surface area contributed by atoms with Crippen molar-refractivity contribution >= 4 is 52.1 Å². The zero-order valence-electron chi connectivity index (χ0n) is 9.92. The number of carboxylic acid groups (broad SMARTS) is 1. The second kappa shape index (κ2) is 23.1. The number of carbonyl (C=O) groups is 1. The first-order valence-electron chi connectivity index (χ1n) is 1.95. The van der Waals surface area contributed by atoms with Crippen molar-refractivity contribution in [2.45, 2.75) is 13.8 Å². The summed E-state index contributed by atoms with van der Waals surface area (Å²) in [5.41, 5.74) is 0. The number of aliphatic hydroxyl groups is 1. The molecular formula is C4H14Mg2O3. The van der Waals surface area contributed by atoms with Gasteiger partial charge in [0.1, 0.15) is 0 Å². The van der Waals surface area contributed by atoms with Gasteiger partial charge in [-0.3, -0.25) is 4.79 Å². The van der Waals surface area contributed by atoms with Gasteiger partial charge in [0.05, 0.1) is 0 Å². The van der Waals surface area contributed by atoms with E-state index < -0.39 is 5.97 Å². The van der Waals surface area contributed by atoms with Gasteiger partial charge < -0.3 is 15.9 Å². The minimum absolute atomic E-state index is 0. The second-order valence-corrected chi connectivity index (χ2v) is 0.835. The van der Waals surface area contributed by atoms with Crippen LogP contribution in [0.15, 0.2) is 0 Å². The second-order valence-electron chi connectivity index (χ2n) is 0.835. The summed E-state index contributed by atoms with van der Waals surface area (Å²) >= 11 is 0. The molecule has 0 aliphatic heterocycles. The average Bonchev–Trinajstić information content (AvgIpc) is 1.33. The Bertz CT molecular complexity index is 56.7. The summed E-state index contributed by atoms with van der Waals surface area (Å²) in [6, 6.07) is 0. The van der Waals surface area contributed by atoms with Gasteiger partial charge in [-0.25, -0.2) is 0 Å². The molecule has 0 radical (unpaired) electrons. The van der Waals surface area contributed by atoms with Crippen LogP contribution in [-0.2, 0) is 4.79 Å². The van der Waals surface area contributed by atoms with Crippen LogP contribution < -0.4 is 0 Å². The number of hydrogen-bond acceptors (Lipinski definition) is 2. The van der Waals surface area contributed by atoms with Crippen molar-refractivity contribution in [3.05, 3.63) is 0 Å². The number of hydrogen-bond donors (Lipinski definition) is 2. The van der Waals surface area contributed by atoms with Crippen LogP contribution in [0.1, 0.15) is 19.6 Å². The third-order valence-corrected chi connectivity index (χ3v) is 0. The van der Waals surface area contributed by atoms with Crippen molar-refractivity contribution in [3.63, 3.8) is 0 Å². The fourth-order valence-electron chi connectivity index (χ4n) is 0. The minimum atomic E-state index is -0.833. The molecule has 2 N–H and O–H groups in total. The van der Waals surface area contributed by atoms with Crippen LogP contribution in [0.25, 0.3) is 0 Å². The molecule has 9 heavy (non-hydrogen) atoms.